The summed E-state index contributed by atoms with van der Waals surface area (Å²) in [5, 5.41) is 0. The average molecular weight is 367 g/mol. The molecule has 0 aliphatic heterocycles. The Bertz CT molecular complexity index is 795. The fourth-order valence-corrected chi connectivity index (χ4v) is 4.11. The zero-order chi connectivity index (χ0) is 18.2. The molecule has 2 N–H and O–H groups in total. The summed E-state index contributed by atoms with van der Waals surface area (Å²) in [6.07, 6.45) is 1.18. The van der Waals surface area contributed by atoms with Crippen LogP contribution in [0.25, 0.3) is 0 Å². The highest BCUT2D eigenvalue weighted by atomic mass is 31.2. The number of aryl methyl sites for hydroxylation is 1. The van der Waals surface area contributed by atoms with Crippen molar-refractivity contribution in [3.05, 3.63) is 96.6 Å². The molecule has 0 saturated heterocycles. The Morgan fingerprint density at radius 2 is 1.15 bits per heavy atom. The standard InChI is InChI=1S/C21H22NO3P/c22-21(17-16-18-10-4-1-5-11-18)26(23,24-19-12-6-2-7-13-19)25-20-14-8-3-9-15-20/h1-15,21H,16-17,22H2. The predicted octanol–water partition coefficient (Wildman–Crippen LogP) is 5.26. The fourth-order valence-electron chi connectivity index (χ4n) is 2.53. The van der Waals surface area contributed by atoms with Gasteiger partial charge in [-0.1, -0.05) is 66.7 Å². The van der Waals surface area contributed by atoms with Crippen LogP contribution in [0.4, 0.5) is 0 Å². The van der Waals surface area contributed by atoms with Crippen molar-refractivity contribution >= 4 is 7.60 Å². The van der Waals surface area contributed by atoms with Crippen molar-refractivity contribution in [2.75, 3.05) is 0 Å². The van der Waals surface area contributed by atoms with E-state index in [1.54, 1.807) is 24.3 Å². The lowest BCUT2D eigenvalue weighted by Gasteiger charge is -2.25. The molecule has 3 aromatic carbocycles. The van der Waals surface area contributed by atoms with Gasteiger partial charge in [0.25, 0.3) is 0 Å². The molecule has 0 aromatic heterocycles. The molecule has 0 spiro atoms. The minimum Gasteiger partial charge on any atom is -0.415 e. The van der Waals surface area contributed by atoms with Gasteiger partial charge in [0.2, 0.25) is 0 Å². The van der Waals surface area contributed by atoms with Crippen LogP contribution >= 0.6 is 7.60 Å². The molecular formula is C21H22NO3P. The van der Waals surface area contributed by atoms with Gasteiger partial charge >= 0.3 is 7.60 Å². The van der Waals surface area contributed by atoms with Crippen molar-refractivity contribution in [3.63, 3.8) is 0 Å². The van der Waals surface area contributed by atoms with Crippen molar-refractivity contribution in [2.45, 2.75) is 18.6 Å². The van der Waals surface area contributed by atoms with Gasteiger partial charge in [-0.2, -0.15) is 0 Å². The summed E-state index contributed by atoms with van der Waals surface area (Å²) < 4.78 is 25.0. The number of rotatable bonds is 8. The maximum Gasteiger partial charge on any atom is 0.447 e. The molecule has 3 aromatic rings. The molecule has 26 heavy (non-hydrogen) atoms. The Labute approximate surface area is 154 Å². The quantitative estimate of drug-likeness (QED) is 0.552. The molecule has 134 valence electrons. The predicted molar refractivity (Wildman–Crippen MR) is 104 cm³/mol. The van der Waals surface area contributed by atoms with Crippen LogP contribution in [0.2, 0.25) is 0 Å². The van der Waals surface area contributed by atoms with Crippen LogP contribution in [0.5, 0.6) is 11.5 Å². The summed E-state index contributed by atoms with van der Waals surface area (Å²) in [7, 11) is -3.61. The highest BCUT2D eigenvalue weighted by Gasteiger charge is 2.36. The summed E-state index contributed by atoms with van der Waals surface area (Å²) in [5.41, 5.74) is 7.42. The zero-order valence-electron chi connectivity index (χ0n) is 14.4. The second-order valence-electron chi connectivity index (χ2n) is 5.94. The third kappa shape index (κ3) is 4.98. The van der Waals surface area contributed by atoms with Crippen LogP contribution < -0.4 is 14.8 Å². The molecule has 0 aliphatic carbocycles. The Balaban J connectivity index is 1.78. The minimum absolute atomic E-state index is 0.474. The van der Waals surface area contributed by atoms with Gasteiger partial charge in [-0.3, -0.25) is 0 Å². The zero-order valence-corrected chi connectivity index (χ0v) is 15.3. The molecule has 4 nitrogen and oxygen atoms in total. The third-order valence-electron chi connectivity index (χ3n) is 3.93. The molecule has 1 atom stereocenters. The summed E-state index contributed by atoms with van der Waals surface area (Å²) >= 11 is 0. The van der Waals surface area contributed by atoms with Gasteiger partial charge in [0, 0.05) is 0 Å². The van der Waals surface area contributed by atoms with Gasteiger partial charge in [0.1, 0.15) is 17.3 Å². The first kappa shape index (κ1) is 18.2. The molecule has 0 saturated carbocycles. The van der Waals surface area contributed by atoms with Crippen molar-refractivity contribution in [1.82, 2.24) is 0 Å². The van der Waals surface area contributed by atoms with E-state index in [0.717, 1.165) is 5.56 Å². The maximum absolute atomic E-state index is 13.5. The van der Waals surface area contributed by atoms with Gasteiger partial charge < -0.3 is 14.8 Å². The smallest absolute Gasteiger partial charge is 0.415 e. The molecule has 3 rings (SSSR count). The van der Waals surface area contributed by atoms with Crippen LogP contribution in [-0.2, 0) is 11.0 Å². The van der Waals surface area contributed by atoms with Crippen LogP contribution in [0, 0.1) is 0 Å². The number of benzene rings is 3. The van der Waals surface area contributed by atoms with Gasteiger partial charge in [0.15, 0.2) is 0 Å². The lowest BCUT2D eigenvalue weighted by Crippen LogP contribution is -2.26. The van der Waals surface area contributed by atoms with E-state index in [9.17, 15) is 4.57 Å². The van der Waals surface area contributed by atoms with Crippen molar-refractivity contribution in [2.24, 2.45) is 5.73 Å². The lowest BCUT2D eigenvalue weighted by molar-refractivity contribution is 0.368. The second-order valence-corrected chi connectivity index (χ2v) is 8.05. The van der Waals surface area contributed by atoms with E-state index < -0.39 is 13.4 Å². The second kappa shape index (κ2) is 8.70. The monoisotopic (exact) mass is 367 g/mol. The molecule has 0 bridgehead atoms. The minimum atomic E-state index is -3.61. The van der Waals surface area contributed by atoms with Crippen LogP contribution in [0.15, 0.2) is 91.0 Å². The fraction of sp³-hybridized carbons (Fsp3) is 0.143. The van der Waals surface area contributed by atoms with E-state index in [4.69, 9.17) is 14.8 Å². The normalized spacial score (nSPS) is 12.3. The number of hydrogen-bond acceptors (Lipinski definition) is 4. The molecule has 5 heteroatoms. The van der Waals surface area contributed by atoms with Crippen LogP contribution in [0.1, 0.15) is 12.0 Å². The van der Waals surface area contributed by atoms with Gasteiger partial charge in [-0.25, -0.2) is 4.57 Å². The SMILES string of the molecule is NC(CCc1ccccc1)P(=O)(Oc1ccccc1)Oc1ccccc1. The van der Waals surface area contributed by atoms with Gasteiger partial charge in [-0.05, 0) is 42.7 Å². The van der Waals surface area contributed by atoms with Crippen molar-refractivity contribution in [3.8, 4) is 11.5 Å². The van der Waals surface area contributed by atoms with E-state index in [1.165, 1.54) is 0 Å². The van der Waals surface area contributed by atoms with Crippen LogP contribution in [0.3, 0.4) is 0 Å². The number of nitrogens with two attached hydrogens (primary N) is 1. The Kier molecular flexibility index (Phi) is 6.11. The first-order chi connectivity index (χ1) is 12.7. The maximum atomic E-state index is 13.5. The molecular weight excluding hydrogens is 345 g/mol. The highest BCUT2D eigenvalue weighted by molar-refractivity contribution is 7.55. The molecule has 0 aliphatic rings. The van der Waals surface area contributed by atoms with E-state index in [2.05, 4.69) is 0 Å². The molecule has 1 unspecified atom stereocenters. The van der Waals surface area contributed by atoms with E-state index in [0.29, 0.717) is 24.3 Å². The van der Waals surface area contributed by atoms with Gasteiger partial charge in [0.05, 0.1) is 0 Å². The Morgan fingerprint density at radius 1 is 0.731 bits per heavy atom. The molecule has 0 heterocycles. The van der Waals surface area contributed by atoms with Crippen molar-refractivity contribution in [1.29, 1.82) is 0 Å². The molecule has 0 amide bonds. The van der Waals surface area contributed by atoms with E-state index in [-0.39, 0.29) is 0 Å². The largest absolute Gasteiger partial charge is 0.447 e. The first-order valence-corrected chi connectivity index (χ1v) is 10.2. The summed E-state index contributed by atoms with van der Waals surface area (Å²) in [6.45, 7) is 0. The molecule has 0 radical (unpaired) electrons. The molecule has 0 fully saturated rings. The van der Waals surface area contributed by atoms with Crippen LogP contribution in [-0.4, -0.2) is 5.78 Å². The Hall–Kier alpha value is -2.55. The van der Waals surface area contributed by atoms with E-state index in [1.807, 2.05) is 66.7 Å². The van der Waals surface area contributed by atoms with Crippen molar-refractivity contribution < 1.29 is 13.6 Å². The third-order valence-corrected chi connectivity index (χ3v) is 5.93. The number of para-hydroxylation sites is 2. The highest BCUT2D eigenvalue weighted by Crippen LogP contribution is 2.52. The topological polar surface area (TPSA) is 61.6 Å². The number of hydrogen-bond donors (Lipinski definition) is 1. The first-order valence-electron chi connectivity index (χ1n) is 8.54. The Morgan fingerprint density at radius 3 is 1.62 bits per heavy atom. The van der Waals surface area contributed by atoms with Gasteiger partial charge in [-0.15, -0.1) is 0 Å². The lowest BCUT2D eigenvalue weighted by atomic mass is 10.1. The summed E-state index contributed by atoms with van der Waals surface area (Å²) in [5.74, 6) is 0.201. The summed E-state index contributed by atoms with van der Waals surface area (Å²) in [6, 6.07) is 27.9. The summed E-state index contributed by atoms with van der Waals surface area (Å²) in [4.78, 5) is 0. The van der Waals surface area contributed by atoms with E-state index >= 15 is 0 Å². The average Bonchev–Trinajstić information content (AvgIpc) is 2.68.